The van der Waals surface area contributed by atoms with Crippen molar-refractivity contribution in [3.8, 4) is 5.75 Å². The van der Waals surface area contributed by atoms with Gasteiger partial charge in [0.15, 0.2) is 0 Å². The number of nitrogens with one attached hydrogen (secondary N) is 1. The number of hydrogen-bond donors (Lipinski definition) is 1. The first-order valence-corrected chi connectivity index (χ1v) is 7.23. The molecule has 0 saturated carbocycles. The van der Waals surface area contributed by atoms with Gasteiger partial charge >= 0.3 is 0 Å². The first-order chi connectivity index (χ1) is 8.62. The third-order valence-corrected chi connectivity index (χ3v) is 3.57. The van der Waals surface area contributed by atoms with E-state index in [-0.39, 0.29) is 11.9 Å². The summed E-state index contributed by atoms with van der Waals surface area (Å²) in [5.41, 5.74) is 0.494. The summed E-state index contributed by atoms with van der Waals surface area (Å²) in [5, 5.41) is 3.50. The summed E-state index contributed by atoms with van der Waals surface area (Å²) in [6.45, 7) is 0.452. The van der Waals surface area contributed by atoms with E-state index in [0.717, 1.165) is 4.47 Å². The highest BCUT2D eigenvalue weighted by Crippen LogP contribution is 2.22. The van der Waals surface area contributed by atoms with Crippen LogP contribution in [0.3, 0.4) is 0 Å². The van der Waals surface area contributed by atoms with Crippen LogP contribution in [-0.2, 0) is 4.74 Å². The summed E-state index contributed by atoms with van der Waals surface area (Å²) < 4.78 is 11.0. The van der Waals surface area contributed by atoms with Gasteiger partial charge in [-0.15, -0.1) is 0 Å². The minimum absolute atomic E-state index is 0.0776. The molecule has 1 amide bonds. The van der Waals surface area contributed by atoms with Gasteiger partial charge in [-0.25, -0.2) is 0 Å². The van der Waals surface area contributed by atoms with E-state index in [9.17, 15) is 4.79 Å². The molecule has 0 spiro atoms. The quantitative estimate of drug-likeness (QED) is 0.771. The minimum atomic E-state index is -0.186. The molecule has 6 heteroatoms. The van der Waals surface area contributed by atoms with Gasteiger partial charge in [-0.3, -0.25) is 4.79 Å². The molecule has 0 aliphatic heterocycles. The number of carbonyl (C=O) groups excluding carboxylic acids is 1. The molecule has 0 radical (unpaired) electrons. The Balaban J connectivity index is 2.85. The molecule has 1 N–H and O–H groups in total. The van der Waals surface area contributed by atoms with Crippen LogP contribution in [0.15, 0.2) is 22.7 Å². The fraction of sp³-hybridized carbons (Fsp3) is 0.417. The number of alkyl halides is 1. The Morgan fingerprint density at radius 3 is 2.72 bits per heavy atom. The summed E-state index contributed by atoms with van der Waals surface area (Å²) in [7, 11) is 3.14. The van der Waals surface area contributed by atoms with Gasteiger partial charge in [-0.1, -0.05) is 31.9 Å². The molecule has 1 rings (SSSR count). The Hall–Kier alpha value is -0.590. The second-order valence-electron chi connectivity index (χ2n) is 3.62. The number of amides is 1. The number of rotatable bonds is 6. The third-order valence-electron chi connectivity index (χ3n) is 2.30. The lowest BCUT2D eigenvalue weighted by atomic mass is 10.2. The fourth-order valence-electron chi connectivity index (χ4n) is 1.45. The van der Waals surface area contributed by atoms with Crippen LogP contribution in [0.25, 0.3) is 0 Å². The Kier molecular flexibility index (Phi) is 6.67. The van der Waals surface area contributed by atoms with Crippen molar-refractivity contribution in [1.29, 1.82) is 0 Å². The molecule has 1 atom stereocenters. The number of carbonyl (C=O) groups is 1. The van der Waals surface area contributed by atoms with Gasteiger partial charge in [-0.2, -0.15) is 0 Å². The first kappa shape index (κ1) is 15.5. The van der Waals surface area contributed by atoms with Crippen molar-refractivity contribution >= 4 is 37.8 Å². The first-order valence-electron chi connectivity index (χ1n) is 5.31. The molecule has 0 aliphatic rings. The molecule has 18 heavy (non-hydrogen) atoms. The summed E-state index contributed by atoms with van der Waals surface area (Å²) in [5.74, 6) is 0.357. The maximum Gasteiger partial charge on any atom is 0.255 e. The fourth-order valence-corrected chi connectivity index (χ4v) is 2.16. The number of hydrogen-bond acceptors (Lipinski definition) is 3. The van der Waals surface area contributed by atoms with Crippen molar-refractivity contribution in [2.75, 3.05) is 26.2 Å². The van der Waals surface area contributed by atoms with Crippen molar-refractivity contribution in [3.63, 3.8) is 0 Å². The van der Waals surface area contributed by atoms with E-state index in [1.807, 2.05) is 6.07 Å². The van der Waals surface area contributed by atoms with E-state index in [1.54, 1.807) is 19.2 Å². The van der Waals surface area contributed by atoms with E-state index < -0.39 is 0 Å². The van der Waals surface area contributed by atoms with Crippen molar-refractivity contribution in [1.82, 2.24) is 5.32 Å². The zero-order valence-corrected chi connectivity index (χ0v) is 13.4. The second kappa shape index (κ2) is 7.76. The van der Waals surface area contributed by atoms with Crippen molar-refractivity contribution in [2.45, 2.75) is 6.04 Å². The van der Waals surface area contributed by atoms with Gasteiger partial charge in [0, 0.05) is 16.9 Å². The van der Waals surface area contributed by atoms with Gasteiger partial charge in [0.05, 0.1) is 25.3 Å². The molecular formula is C12H15Br2NO3. The largest absolute Gasteiger partial charge is 0.496 e. The number of halogens is 2. The molecule has 0 aliphatic carbocycles. The third kappa shape index (κ3) is 4.26. The number of methoxy groups -OCH3 is 2. The number of benzene rings is 1. The summed E-state index contributed by atoms with van der Waals surface area (Å²) in [6.07, 6.45) is 0. The SMILES string of the molecule is COCC(CBr)NC(=O)c1cc(Br)ccc1OC. The Morgan fingerprint density at radius 2 is 2.17 bits per heavy atom. The van der Waals surface area contributed by atoms with Crippen LogP contribution in [0.4, 0.5) is 0 Å². The normalized spacial score (nSPS) is 12.0. The minimum Gasteiger partial charge on any atom is -0.496 e. The molecule has 0 saturated heterocycles. The van der Waals surface area contributed by atoms with E-state index in [4.69, 9.17) is 9.47 Å². The van der Waals surface area contributed by atoms with E-state index in [2.05, 4.69) is 37.2 Å². The van der Waals surface area contributed by atoms with Crippen LogP contribution in [0.1, 0.15) is 10.4 Å². The van der Waals surface area contributed by atoms with Crippen molar-refractivity contribution in [3.05, 3.63) is 28.2 Å². The zero-order valence-electron chi connectivity index (χ0n) is 10.2. The predicted molar refractivity (Wildman–Crippen MR) is 77.6 cm³/mol. The molecule has 1 aromatic carbocycles. The number of ether oxygens (including phenoxy) is 2. The lowest BCUT2D eigenvalue weighted by Gasteiger charge is -2.16. The van der Waals surface area contributed by atoms with Crippen LogP contribution in [0, 0.1) is 0 Å². The van der Waals surface area contributed by atoms with Crippen LogP contribution in [0.2, 0.25) is 0 Å². The van der Waals surface area contributed by atoms with E-state index >= 15 is 0 Å². The molecule has 100 valence electrons. The zero-order chi connectivity index (χ0) is 13.5. The van der Waals surface area contributed by atoms with Crippen LogP contribution in [-0.4, -0.2) is 38.1 Å². The molecule has 0 bridgehead atoms. The van der Waals surface area contributed by atoms with Crippen LogP contribution >= 0.6 is 31.9 Å². The maximum absolute atomic E-state index is 12.1. The average Bonchev–Trinajstić information content (AvgIpc) is 2.38. The lowest BCUT2D eigenvalue weighted by molar-refractivity contribution is 0.0905. The maximum atomic E-state index is 12.1. The molecule has 4 nitrogen and oxygen atoms in total. The average molecular weight is 381 g/mol. The van der Waals surface area contributed by atoms with Crippen molar-refractivity contribution < 1.29 is 14.3 Å². The summed E-state index contributed by atoms with van der Waals surface area (Å²) in [6, 6.07) is 5.23. The van der Waals surface area contributed by atoms with Gasteiger partial charge < -0.3 is 14.8 Å². The Bertz CT molecular complexity index is 412. The molecular weight excluding hydrogens is 366 g/mol. The highest BCUT2D eigenvalue weighted by Gasteiger charge is 2.16. The van der Waals surface area contributed by atoms with E-state index in [1.165, 1.54) is 7.11 Å². The Labute approximate surface area is 123 Å². The molecule has 0 aromatic heterocycles. The van der Waals surface area contributed by atoms with Gasteiger partial charge in [-0.05, 0) is 18.2 Å². The lowest BCUT2D eigenvalue weighted by Crippen LogP contribution is -2.39. The smallest absolute Gasteiger partial charge is 0.255 e. The van der Waals surface area contributed by atoms with Gasteiger partial charge in [0.25, 0.3) is 5.91 Å². The standard InChI is InChI=1S/C12H15Br2NO3/c1-17-7-9(6-13)15-12(16)10-5-8(14)3-4-11(10)18-2/h3-5,9H,6-7H2,1-2H3,(H,15,16). The molecule has 1 unspecified atom stereocenters. The van der Waals surface area contributed by atoms with E-state index in [0.29, 0.717) is 23.2 Å². The van der Waals surface area contributed by atoms with Crippen LogP contribution < -0.4 is 10.1 Å². The van der Waals surface area contributed by atoms with Crippen molar-refractivity contribution in [2.24, 2.45) is 0 Å². The molecule has 0 heterocycles. The van der Waals surface area contributed by atoms with Gasteiger partial charge in [0.2, 0.25) is 0 Å². The van der Waals surface area contributed by atoms with Crippen LogP contribution in [0.5, 0.6) is 5.75 Å². The highest BCUT2D eigenvalue weighted by molar-refractivity contribution is 9.10. The summed E-state index contributed by atoms with van der Waals surface area (Å²) in [4.78, 5) is 12.1. The molecule has 0 fully saturated rings. The predicted octanol–water partition coefficient (Wildman–Crippen LogP) is 2.60. The molecule has 1 aromatic rings. The monoisotopic (exact) mass is 379 g/mol. The second-order valence-corrected chi connectivity index (χ2v) is 5.19. The topological polar surface area (TPSA) is 47.6 Å². The summed E-state index contributed by atoms with van der Waals surface area (Å²) >= 11 is 6.67. The Morgan fingerprint density at radius 1 is 1.44 bits per heavy atom. The van der Waals surface area contributed by atoms with Gasteiger partial charge in [0.1, 0.15) is 5.75 Å². The highest BCUT2D eigenvalue weighted by atomic mass is 79.9.